The quantitative estimate of drug-likeness (QED) is 0.602. The highest BCUT2D eigenvalue weighted by Gasteiger charge is 2.13. The van der Waals surface area contributed by atoms with E-state index in [9.17, 15) is 0 Å². The van der Waals surface area contributed by atoms with Crippen LogP contribution in [0.1, 0.15) is 32.6 Å². The molecule has 1 rings (SSSR count). The molecule has 0 saturated heterocycles. The van der Waals surface area contributed by atoms with E-state index in [4.69, 9.17) is 5.73 Å². The highest BCUT2D eigenvalue weighted by Crippen LogP contribution is 2.21. The molecule has 2 unspecified atom stereocenters. The zero-order valence-corrected chi connectivity index (χ0v) is 9.01. The summed E-state index contributed by atoms with van der Waals surface area (Å²) >= 11 is 0. The lowest BCUT2D eigenvalue weighted by molar-refractivity contribution is 0.344. The lowest BCUT2D eigenvalue weighted by Crippen LogP contribution is -2.26. The SMILES string of the molecule is CC1CCCC(N)C1.CN(C)C. The minimum atomic E-state index is 0.513. The van der Waals surface area contributed by atoms with Crippen molar-refractivity contribution in [3.8, 4) is 0 Å². The first-order chi connectivity index (χ1) is 5.52. The van der Waals surface area contributed by atoms with Crippen LogP contribution in [0.3, 0.4) is 0 Å². The van der Waals surface area contributed by atoms with Crippen LogP contribution in [0, 0.1) is 5.92 Å². The van der Waals surface area contributed by atoms with Crippen LogP contribution in [0.25, 0.3) is 0 Å². The molecule has 1 aliphatic carbocycles. The number of nitrogens with zero attached hydrogens (tertiary/aromatic N) is 1. The van der Waals surface area contributed by atoms with Gasteiger partial charge in [0, 0.05) is 6.04 Å². The van der Waals surface area contributed by atoms with Crippen LogP contribution in [0.5, 0.6) is 0 Å². The third-order valence-corrected chi connectivity index (χ3v) is 1.98. The predicted octanol–water partition coefficient (Wildman–Crippen LogP) is 1.70. The van der Waals surface area contributed by atoms with E-state index in [0.717, 1.165) is 5.92 Å². The largest absolute Gasteiger partial charge is 0.328 e. The van der Waals surface area contributed by atoms with E-state index in [0.29, 0.717) is 6.04 Å². The van der Waals surface area contributed by atoms with Gasteiger partial charge >= 0.3 is 0 Å². The summed E-state index contributed by atoms with van der Waals surface area (Å²) in [5.41, 5.74) is 5.73. The molecule has 0 spiro atoms. The van der Waals surface area contributed by atoms with E-state index in [1.54, 1.807) is 0 Å². The summed E-state index contributed by atoms with van der Waals surface area (Å²) < 4.78 is 0. The van der Waals surface area contributed by atoms with Crippen molar-refractivity contribution in [3.05, 3.63) is 0 Å². The van der Waals surface area contributed by atoms with Crippen molar-refractivity contribution in [2.75, 3.05) is 21.1 Å². The molecule has 1 fully saturated rings. The van der Waals surface area contributed by atoms with Gasteiger partial charge in [0.25, 0.3) is 0 Å². The lowest BCUT2D eigenvalue weighted by Gasteiger charge is -2.22. The van der Waals surface area contributed by atoms with E-state index in [1.807, 2.05) is 26.0 Å². The molecule has 0 heterocycles. The Kier molecular flexibility index (Phi) is 6.39. The van der Waals surface area contributed by atoms with Gasteiger partial charge in [0.05, 0.1) is 0 Å². The van der Waals surface area contributed by atoms with Crippen LogP contribution in [0.2, 0.25) is 0 Å². The Balaban J connectivity index is 0.000000261. The molecule has 0 aromatic heterocycles. The van der Waals surface area contributed by atoms with Crippen molar-refractivity contribution < 1.29 is 0 Å². The maximum Gasteiger partial charge on any atom is 0.00413 e. The fraction of sp³-hybridized carbons (Fsp3) is 1.00. The number of nitrogens with two attached hydrogens (primary N) is 1. The summed E-state index contributed by atoms with van der Waals surface area (Å²) in [7, 11) is 6.00. The summed E-state index contributed by atoms with van der Waals surface area (Å²) in [5.74, 6) is 0.888. The monoisotopic (exact) mass is 172 g/mol. The molecule has 0 aromatic carbocycles. The molecule has 0 radical (unpaired) electrons. The third kappa shape index (κ3) is 8.02. The Bertz CT molecular complexity index is 91.3. The molecule has 0 bridgehead atoms. The van der Waals surface area contributed by atoms with Crippen molar-refractivity contribution in [2.45, 2.75) is 38.6 Å². The van der Waals surface area contributed by atoms with E-state index in [1.165, 1.54) is 25.7 Å². The Morgan fingerprint density at radius 1 is 1.17 bits per heavy atom. The molecule has 1 aliphatic rings. The molecule has 1 saturated carbocycles. The van der Waals surface area contributed by atoms with Crippen LogP contribution in [-0.2, 0) is 0 Å². The van der Waals surface area contributed by atoms with Crippen molar-refractivity contribution >= 4 is 0 Å². The van der Waals surface area contributed by atoms with Gasteiger partial charge in [0.1, 0.15) is 0 Å². The van der Waals surface area contributed by atoms with Crippen LogP contribution >= 0.6 is 0 Å². The first-order valence-corrected chi connectivity index (χ1v) is 4.89. The second-order valence-electron chi connectivity index (χ2n) is 4.37. The van der Waals surface area contributed by atoms with Gasteiger partial charge in [-0.1, -0.05) is 19.8 Å². The average Bonchev–Trinajstić information content (AvgIpc) is 1.84. The minimum Gasteiger partial charge on any atom is -0.328 e. The van der Waals surface area contributed by atoms with Crippen LogP contribution in [0.15, 0.2) is 0 Å². The standard InChI is InChI=1S/C7H15N.C3H9N/c1-6-3-2-4-7(8)5-6;1-4(2)3/h6-7H,2-5,8H2,1H3;1-3H3. The van der Waals surface area contributed by atoms with E-state index >= 15 is 0 Å². The summed E-state index contributed by atoms with van der Waals surface area (Å²) in [6.45, 7) is 2.29. The molecule has 2 nitrogen and oxygen atoms in total. The zero-order valence-electron chi connectivity index (χ0n) is 9.01. The van der Waals surface area contributed by atoms with Gasteiger partial charge in [-0.15, -0.1) is 0 Å². The maximum absolute atomic E-state index is 5.73. The molecule has 0 amide bonds. The summed E-state index contributed by atoms with van der Waals surface area (Å²) in [6.07, 6.45) is 5.25. The molecular formula is C10H24N2. The molecule has 0 aromatic rings. The fourth-order valence-electron chi connectivity index (χ4n) is 1.48. The van der Waals surface area contributed by atoms with Crippen molar-refractivity contribution in [2.24, 2.45) is 11.7 Å². The van der Waals surface area contributed by atoms with E-state index in [-0.39, 0.29) is 0 Å². The van der Waals surface area contributed by atoms with Gasteiger partial charge in [0.2, 0.25) is 0 Å². The van der Waals surface area contributed by atoms with Gasteiger partial charge in [0.15, 0.2) is 0 Å². The van der Waals surface area contributed by atoms with E-state index < -0.39 is 0 Å². The number of rotatable bonds is 0. The average molecular weight is 172 g/mol. The van der Waals surface area contributed by atoms with Gasteiger partial charge in [-0.3, -0.25) is 0 Å². The maximum atomic E-state index is 5.73. The van der Waals surface area contributed by atoms with Gasteiger partial charge in [-0.2, -0.15) is 0 Å². The van der Waals surface area contributed by atoms with E-state index in [2.05, 4.69) is 6.92 Å². The topological polar surface area (TPSA) is 29.3 Å². The Labute approximate surface area is 77.1 Å². The minimum absolute atomic E-state index is 0.513. The second kappa shape index (κ2) is 6.44. The fourth-order valence-corrected chi connectivity index (χ4v) is 1.48. The lowest BCUT2D eigenvalue weighted by atomic mass is 9.88. The third-order valence-electron chi connectivity index (χ3n) is 1.98. The van der Waals surface area contributed by atoms with Crippen molar-refractivity contribution in [3.63, 3.8) is 0 Å². The molecule has 0 aliphatic heterocycles. The highest BCUT2D eigenvalue weighted by atomic mass is 15.0. The first-order valence-electron chi connectivity index (χ1n) is 4.89. The van der Waals surface area contributed by atoms with Crippen LogP contribution < -0.4 is 5.73 Å². The zero-order chi connectivity index (χ0) is 9.56. The van der Waals surface area contributed by atoms with Gasteiger partial charge in [-0.05, 0) is 39.9 Å². The highest BCUT2D eigenvalue weighted by molar-refractivity contribution is 4.71. The summed E-state index contributed by atoms with van der Waals surface area (Å²) in [4.78, 5) is 2.00. The van der Waals surface area contributed by atoms with Crippen LogP contribution in [0.4, 0.5) is 0 Å². The molecule has 2 heteroatoms. The second-order valence-corrected chi connectivity index (χ2v) is 4.37. The van der Waals surface area contributed by atoms with Crippen molar-refractivity contribution in [1.29, 1.82) is 0 Å². The molecule has 12 heavy (non-hydrogen) atoms. The first kappa shape index (κ1) is 11.9. The van der Waals surface area contributed by atoms with Crippen LogP contribution in [-0.4, -0.2) is 32.1 Å². The predicted molar refractivity (Wildman–Crippen MR) is 55.2 cm³/mol. The Hall–Kier alpha value is -0.0800. The van der Waals surface area contributed by atoms with Gasteiger partial charge < -0.3 is 10.6 Å². The number of hydrogen-bond acceptors (Lipinski definition) is 2. The Morgan fingerprint density at radius 3 is 1.92 bits per heavy atom. The normalized spacial score (nSPS) is 29.5. The van der Waals surface area contributed by atoms with Crippen molar-refractivity contribution in [1.82, 2.24) is 4.90 Å². The molecule has 74 valence electrons. The summed E-state index contributed by atoms with van der Waals surface area (Å²) in [6, 6.07) is 0.513. The van der Waals surface area contributed by atoms with Gasteiger partial charge in [-0.25, -0.2) is 0 Å². The molecular weight excluding hydrogens is 148 g/mol. The smallest absolute Gasteiger partial charge is 0.00413 e. The molecule has 2 N–H and O–H groups in total. The molecule has 2 atom stereocenters. The summed E-state index contributed by atoms with van der Waals surface area (Å²) in [5, 5.41) is 0. The Morgan fingerprint density at radius 2 is 1.67 bits per heavy atom. The number of hydrogen-bond donors (Lipinski definition) is 1.